The van der Waals surface area contributed by atoms with Crippen molar-refractivity contribution in [2.75, 3.05) is 26.4 Å². The molecule has 2 aromatic rings. The molecule has 0 fully saturated rings. The average molecular weight is 324 g/mol. The quantitative estimate of drug-likeness (QED) is 0.911. The zero-order chi connectivity index (χ0) is 13.8. The number of halogens is 1. The highest BCUT2D eigenvalue weighted by atomic mass is 79.9. The third-order valence-corrected chi connectivity index (χ3v) is 3.62. The van der Waals surface area contributed by atoms with Gasteiger partial charge in [0.15, 0.2) is 0 Å². The number of aromatic nitrogens is 3. The summed E-state index contributed by atoms with van der Waals surface area (Å²) in [6.45, 7) is 1.80. The second kappa shape index (κ2) is 6.16. The van der Waals surface area contributed by atoms with Gasteiger partial charge in [0.1, 0.15) is 0 Å². The number of nitrogens with two attached hydrogens (primary N) is 1. The van der Waals surface area contributed by atoms with Crippen molar-refractivity contribution in [3.63, 3.8) is 0 Å². The molecular formula is C13H18BrN5. The summed E-state index contributed by atoms with van der Waals surface area (Å²) in [5.74, 6) is 0. The van der Waals surface area contributed by atoms with Crippen LogP contribution in [0.25, 0.3) is 0 Å². The largest absolute Gasteiger partial charge is 0.398 e. The van der Waals surface area contributed by atoms with Gasteiger partial charge in [-0.05, 0) is 41.7 Å². The zero-order valence-corrected chi connectivity index (χ0v) is 12.8. The van der Waals surface area contributed by atoms with Crippen molar-refractivity contribution in [1.82, 2.24) is 19.7 Å². The van der Waals surface area contributed by atoms with Crippen LogP contribution in [0.5, 0.6) is 0 Å². The Kier molecular flexibility index (Phi) is 4.55. The minimum absolute atomic E-state index is 0.730. The van der Waals surface area contributed by atoms with E-state index in [-0.39, 0.29) is 0 Å². The predicted molar refractivity (Wildman–Crippen MR) is 79.9 cm³/mol. The third-order valence-electron chi connectivity index (χ3n) is 2.96. The fourth-order valence-corrected chi connectivity index (χ4v) is 2.25. The van der Waals surface area contributed by atoms with Gasteiger partial charge in [-0.15, -0.1) is 0 Å². The third kappa shape index (κ3) is 3.54. The summed E-state index contributed by atoms with van der Waals surface area (Å²) in [5, 5.41) is 4.40. The molecule has 0 atom stereocenters. The lowest BCUT2D eigenvalue weighted by molar-refractivity contribution is 0.370. The topological polar surface area (TPSA) is 60.0 Å². The molecule has 0 aromatic carbocycles. The maximum Gasteiger partial charge on any atom is 0.0635 e. The summed E-state index contributed by atoms with van der Waals surface area (Å²) in [5.41, 5.74) is 8.88. The number of nitrogens with zero attached hydrogens (tertiary/aromatic N) is 4. The molecule has 0 amide bonds. The molecule has 2 heterocycles. The Morgan fingerprint density at radius 3 is 2.84 bits per heavy atom. The summed E-state index contributed by atoms with van der Waals surface area (Å²) in [6.07, 6.45) is 6.08. The van der Waals surface area contributed by atoms with Crippen molar-refractivity contribution in [3.8, 4) is 0 Å². The molecule has 0 unspecified atom stereocenters. The Labute approximate surface area is 121 Å². The first kappa shape index (κ1) is 14.0. The van der Waals surface area contributed by atoms with Crippen LogP contribution in [-0.2, 0) is 13.0 Å². The molecule has 0 spiro atoms. The maximum atomic E-state index is 5.97. The summed E-state index contributed by atoms with van der Waals surface area (Å²) in [4.78, 5) is 6.26. The highest BCUT2D eigenvalue weighted by Crippen LogP contribution is 2.22. The number of anilines is 1. The van der Waals surface area contributed by atoms with Crippen molar-refractivity contribution in [2.45, 2.75) is 13.0 Å². The standard InChI is InChI=1S/C13H18BrN5/c1-18(2)5-6-19-13(11(14)9-17-19)7-10-8-16-4-3-12(10)15/h3-4,8-9H,5-7H2,1-2H3,(H2,15,16). The van der Waals surface area contributed by atoms with Crippen LogP contribution in [0.1, 0.15) is 11.3 Å². The van der Waals surface area contributed by atoms with Gasteiger partial charge in [-0.2, -0.15) is 5.10 Å². The van der Waals surface area contributed by atoms with E-state index in [1.807, 2.05) is 23.1 Å². The van der Waals surface area contributed by atoms with Gasteiger partial charge in [0.05, 0.1) is 22.9 Å². The van der Waals surface area contributed by atoms with E-state index in [1.165, 1.54) is 0 Å². The van der Waals surface area contributed by atoms with Gasteiger partial charge in [0, 0.05) is 31.0 Å². The van der Waals surface area contributed by atoms with Crippen LogP contribution in [0.4, 0.5) is 5.69 Å². The van der Waals surface area contributed by atoms with Crippen molar-refractivity contribution in [3.05, 3.63) is 40.4 Å². The number of nitrogen functional groups attached to an aromatic ring is 1. The number of rotatable bonds is 5. The van der Waals surface area contributed by atoms with E-state index in [4.69, 9.17) is 5.73 Å². The van der Waals surface area contributed by atoms with Gasteiger partial charge in [-0.1, -0.05) is 0 Å². The van der Waals surface area contributed by atoms with E-state index in [0.717, 1.165) is 40.9 Å². The lowest BCUT2D eigenvalue weighted by Gasteiger charge is -2.13. The minimum atomic E-state index is 0.730. The fourth-order valence-electron chi connectivity index (χ4n) is 1.82. The van der Waals surface area contributed by atoms with Crippen molar-refractivity contribution >= 4 is 21.6 Å². The molecule has 2 N–H and O–H groups in total. The van der Waals surface area contributed by atoms with E-state index in [0.29, 0.717) is 0 Å². The maximum absolute atomic E-state index is 5.97. The highest BCUT2D eigenvalue weighted by molar-refractivity contribution is 9.10. The van der Waals surface area contributed by atoms with Crippen LogP contribution in [0, 0.1) is 0 Å². The molecule has 0 aliphatic rings. The average Bonchev–Trinajstić information content (AvgIpc) is 2.71. The summed E-state index contributed by atoms with van der Waals surface area (Å²) in [7, 11) is 4.11. The molecule has 0 radical (unpaired) electrons. The minimum Gasteiger partial charge on any atom is -0.398 e. The van der Waals surface area contributed by atoms with Gasteiger partial charge in [0.2, 0.25) is 0 Å². The summed E-state index contributed by atoms with van der Waals surface area (Å²) in [6, 6.07) is 1.82. The van der Waals surface area contributed by atoms with Crippen LogP contribution < -0.4 is 5.73 Å². The molecule has 19 heavy (non-hydrogen) atoms. The number of pyridine rings is 1. The van der Waals surface area contributed by atoms with Crippen LogP contribution in [0.15, 0.2) is 29.1 Å². The van der Waals surface area contributed by atoms with Gasteiger partial charge < -0.3 is 10.6 Å². The van der Waals surface area contributed by atoms with Gasteiger partial charge in [-0.25, -0.2) is 0 Å². The first-order chi connectivity index (χ1) is 9.08. The van der Waals surface area contributed by atoms with Crippen LogP contribution in [-0.4, -0.2) is 40.3 Å². The molecule has 0 aliphatic carbocycles. The Balaban J connectivity index is 2.20. The molecule has 0 saturated heterocycles. The molecule has 0 saturated carbocycles. The zero-order valence-electron chi connectivity index (χ0n) is 11.2. The fraction of sp³-hybridized carbons (Fsp3) is 0.385. The highest BCUT2D eigenvalue weighted by Gasteiger charge is 2.11. The molecule has 102 valence electrons. The first-order valence-electron chi connectivity index (χ1n) is 6.11. The molecule has 0 aliphatic heterocycles. The molecule has 6 heteroatoms. The monoisotopic (exact) mass is 323 g/mol. The Morgan fingerprint density at radius 1 is 1.37 bits per heavy atom. The number of hydrogen-bond donors (Lipinski definition) is 1. The number of likely N-dealkylation sites (N-methyl/N-ethyl adjacent to an activating group) is 1. The summed E-state index contributed by atoms with van der Waals surface area (Å²) >= 11 is 3.55. The van der Waals surface area contributed by atoms with Crippen LogP contribution >= 0.6 is 15.9 Å². The van der Waals surface area contributed by atoms with E-state index >= 15 is 0 Å². The van der Waals surface area contributed by atoms with Crippen molar-refractivity contribution in [1.29, 1.82) is 0 Å². The van der Waals surface area contributed by atoms with Crippen LogP contribution in [0.2, 0.25) is 0 Å². The van der Waals surface area contributed by atoms with E-state index in [1.54, 1.807) is 6.20 Å². The molecular weight excluding hydrogens is 306 g/mol. The Hall–Kier alpha value is -1.40. The molecule has 2 rings (SSSR count). The van der Waals surface area contributed by atoms with E-state index in [9.17, 15) is 0 Å². The van der Waals surface area contributed by atoms with Gasteiger partial charge >= 0.3 is 0 Å². The summed E-state index contributed by atoms with van der Waals surface area (Å²) < 4.78 is 3.02. The van der Waals surface area contributed by atoms with Crippen molar-refractivity contribution in [2.24, 2.45) is 0 Å². The van der Waals surface area contributed by atoms with E-state index < -0.39 is 0 Å². The molecule has 2 aromatic heterocycles. The van der Waals surface area contributed by atoms with Gasteiger partial charge in [0.25, 0.3) is 0 Å². The lowest BCUT2D eigenvalue weighted by Crippen LogP contribution is -2.20. The van der Waals surface area contributed by atoms with E-state index in [2.05, 4.69) is 45.0 Å². The predicted octanol–water partition coefficient (Wildman–Crippen LogP) is 1.78. The molecule has 0 bridgehead atoms. The van der Waals surface area contributed by atoms with Crippen molar-refractivity contribution < 1.29 is 0 Å². The number of hydrogen-bond acceptors (Lipinski definition) is 4. The SMILES string of the molecule is CN(C)CCn1ncc(Br)c1Cc1cnccc1N. The Morgan fingerprint density at radius 2 is 2.16 bits per heavy atom. The smallest absolute Gasteiger partial charge is 0.0635 e. The van der Waals surface area contributed by atoms with Gasteiger partial charge in [-0.3, -0.25) is 9.67 Å². The second-order valence-electron chi connectivity index (χ2n) is 4.72. The van der Waals surface area contributed by atoms with Crippen LogP contribution in [0.3, 0.4) is 0 Å². The first-order valence-corrected chi connectivity index (χ1v) is 6.90. The Bertz CT molecular complexity index is 550. The lowest BCUT2D eigenvalue weighted by atomic mass is 10.1. The molecule has 5 nitrogen and oxygen atoms in total. The second-order valence-corrected chi connectivity index (χ2v) is 5.57. The normalized spacial score (nSPS) is 11.2.